The summed E-state index contributed by atoms with van der Waals surface area (Å²) in [5, 5.41) is 4.65. The molecule has 0 aliphatic rings. The molecule has 1 N–H and O–H groups in total. The molecule has 0 saturated carbocycles. The third-order valence-electron chi connectivity index (χ3n) is 2.91. The van der Waals surface area contributed by atoms with Crippen molar-refractivity contribution in [2.24, 2.45) is 5.10 Å². The number of methoxy groups -OCH3 is 1. The fourth-order valence-corrected chi connectivity index (χ4v) is 2.68. The molecule has 0 atom stereocenters. The molecule has 4 nitrogen and oxygen atoms in total. The lowest BCUT2D eigenvalue weighted by Crippen LogP contribution is -2.19. The Morgan fingerprint density at radius 2 is 2.09 bits per heavy atom. The lowest BCUT2D eigenvalue weighted by molar-refractivity contribution is -0.118. The van der Waals surface area contributed by atoms with Crippen LogP contribution in [0.4, 0.5) is 0 Å². The van der Waals surface area contributed by atoms with E-state index in [2.05, 4.69) is 10.5 Å². The lowest BCUT2D eigenvalue weighted by Gasteiger charge is -2.02. The molecule has 0 unspecified atom stereocenters. The van der Waals surface area contributed by atoms with Crippen molar-refractivity contribution in [3.8, 4) is 5.75 Å². The third-order valence-corrected chi connectivity index (χ3v) is 4.17. The molecule has 6 heteroatoms. The molecule has 2 rings (SSSR count). The molecule has 1 amide bonds. The number of halogens is 1. The van der Waals surface area contributed by atoms with Gasteiger partial charge >= 0.3 is 0 Å². The zero-order valence-electron chi connectivity index (χ0n) is 12.7. The highest BCUT2D eigenvalue weighted by Gasteiger charge is 2.01. The minimum Gasteiger partial charge on any atom is -0.497 e. The summed E-state index contributed by atoms with van der Waals surface area (Å²) in [4.78, 5) is 11.7. The van der Waals surface area contributed by atoms with Gasteiger partial charge in [-0.25, -0.2) is 5.43 Å². The number of carbonyl (C=O) groups excluding carboxylic acids is 1. The van der Waals surface area contributed by atoms with E-state index >= 15 is 0 Å². The van der Waals surface area contributed by atoms with Crippen LogP contribution in [0.15, 0.2) is 53.6 Å². The number of ether oxygens (including phenoxy) is 1. The van der Waals surface area contributed by atoms with Gasteiger partial charge < -0.3 is 4.74 Å². The summed E-state index contributed by atoms with van der Waals surface area (Å²) in [5.74, 6) is 1.71. The van der Waals surface area contributed by atoms with Gasteiger partial charge in [0.1, 0.15) is 5.75 Å². The van der Waals surface area contributed by atoms with Crippen LogP contribution >= 0.6 is 23.4 Å². The van der Waals surface area contributed by atoms with Gasteiger partial charge in [0.2, 0.25) is 5.91 Å². The smallest absolute Gasteiger partial charge is 0.250 e. The molecule has 0 fully saturated rings. The Bertz CT molecular complexity index is 675. The summed E-state index contributed by atoms with van der Waals surface area (Å²) in [5.41, 5.74) is 4.50. The molecule has 0 radical (unpaired) electrons. The lowest BCUT2D eigenvalue weighted by atomic mass is 10.2. The maximum atomic E-state index is 11.7. The summed E-state index contributed by atoms with van der Waals surface area (Å²) < 4.78 is 5.12. The van der Waals surface area contributed by atoms with Crippen molar-refractivity contribution in [1.82, 2.24) is 5.43 Å². The fraction of sp³-hybridized carbons (Fsp3) is 0.176. The molecule has 23 heavy (non-hydrogen) atoms. The Hall–Kier alpha value is -1.98. The maximum absolute atomic E-state index is 11.7. The number of amides is 1. The molecule has 120 valence electrons. The summed E-state index contributed by atoms with van der Waals surface area (Å²) in [6.45, 7) is 0. The fourth-order valence-electron chi connectivity index (χ4n) is 1.78. The average molecular weight is 349 g/mol. The predicted octanol–water partition coefficient (Wildman–Crippen LogP) is 3.73. The minimum atomic E-state index is -0.136. The zero-order chi connectivity index (χ0) is 16.5. The molecule has 0 heterocycles. The van der Waals surface area contributed by atoms with E-state index in [4.69, 9.17) is 16.3 Å². The Morgan fingerprint density at radius 1 is 1.30 bits per heavy atom. The van der Waals surface area contributed by atoms with Crippen molar-refractivity contribution in [2.75, 3.05) is 12.9 Å². The van der Waals surface area contributed by atoms with Gasteiger partial charge in [0.05, 0.1) is 19.1 Å². The maximum Gasteiger partial charge on any atom is 0.250 e. The quantitative estimate of drug-likeness (QED) is 0.612. The first-order valence-corrected chi connectivity index (χ1v) is 8.49. The van der Waals surface area contributed by atoms with Crippen LogP contribution in [0.25, 0.3) is 0 Å². The molecule has 0 aromatic heterocycles. The topological polar surface area (TPSA) is 50.7 Å². The van der Waals surface area contributed by atoms with E-state index in [1.807, 2.05) is 48.5 Å². The van der Waals surface area contributed by atoms with E-state index in [0.717, 1.165) is 22.6 Å². The first-order valence-electron chi connectivity index (χ1n) is 6.95. The van der Waals surface area contributed by atoms with Gasteiger partial charge in [-0.1, -0.05) is 35.9 Å². The van der Waals surface area contributed by atoms with Crippen LogP contribution in [0, 0.1) is 0 Å². The Kier molecular flexibility index (Phi) is 6.97. The third kappa shape index (κ3) is 6.34. The first kappa shape index (κ1) is 17.4. The molecule has 2 aromatic rings. The normalized spacial score (nSPS) is 10.7. The largest absolute Gasteiger partial charge is 0.497 e. The summed E-state index contributed by atoms with van der Waals surface area (Å²) in [6.07, 6.45) is 1.59. The van der Waals surface area contributed by atoms with Crippen LogP contribution in [-0.4, -0.2) is 25.0 Å². The molecule has 2 aromatic carbocycles. The number of hydrogen-bond acceptors (Lipinski definition) is 4. The highest BCUT2D eigenvalue weighted by molar-refractivity contribution is 7.99. The monoisotopic (exact) mass is 348 g/mol. The van der Waals surface area contributed by atoms with E-state index in [9.17, 15) is 4.79 Å². The van der Waals surface area contributed by atoms with E-state index in [1.165, 1.54) is 11.8 Å². The second-order valence-corrected chi connectivity index (χ2v) is 6.11. The van der Waals surface area contributed by atoms with Crippen LogP contribution in [0.5, 0.6) is 5.75 Å². The van der Waals surface area contributed by atoms with Crippen LogP contribution < -0.4 is 10.2 Å². The van der Waals surface area contributed by atoms with Gasteiger partial charge in [-0.05, 0) is 35.4 Å². The van der Waals surface area contributed by atoms with Crippen molar-refractivity contribution < 1.29 is 9.53 Å². The van der Waals surface area contributed by atoms with E-state index < -0.39 is 0 Å². The second kappa shape index (κ2) is 9.22. The number of hydrogen-bond donors (Lipinski definition) is 1. The van der Waals surface area contributed by atoms with Gasteiger partial charge in [-0.3, -0.25) is 4.79 Å². The van der Waals surface area contributed by atoms with Gasteiger partial charge in [-0.15, -0.1) is 11.8 Å². The summed E-state index contributed by atoms with van der Waals surface area (Å²) in [7, 11) is 1.61. The SMILES string of the molecule is COc1cccc(C=NNC(=O)CSCc2ccc(Cl)cc2)c1. The number of carbonyl (C=O) groups is 1. The molecule has 0 spiro atoms. The standard InChI is InChI=1S/C17H17ClN2O2S/c1-22-16-4-2-3-14(9-16)10-19-20-17(21)12-23-11-13-5-7-15(18)8-6-13/h2-10H,11-12H2,1H3,(H,20,21). The van der Waals surface area contributed by atoms with Crippen LogP contribution in [0.3, 0.4) is 0 Å². The highest BCUT2D eigenvalue weighted by atomic mass is 35.5. The molecule has 0 aliphatic carbocycles. The molecular weight excluding hydrogens is 332 g/mol. The number of benzene rings is 2. The molecule has 0 bridgehead atoms. The average Bonchev–Trinajstić information content (AvgIpc) is 2.57. The van der Waals surface area contributed by atoms with Crippen LogP contribution in [-0.2, 0) is 10.5 Å². The Labute approximate surface area is 144 Å². The van der Waals surface area contributed by atoms with E-state index in [-0.39, 0.29) is 5.91 Å². The van der Waals surface area contributed by atoms with Crippen molar-refractivity contribution in [2.45, 2.75) is 5.75 Å². The number of nitrogens with one attached hydrogen (secondary N) is 1. The van der Waals surface area contributed by atoms with E-state index in [1.54, 1.807) is 13.3 Å². The predicted molar refractivity (Wildman–Crippen MR) is 96.3 cm³/mol. The number of nitrogens with zero attached hydrogens (tertiary/aromatic N) is 1. The minimum absolute atomic E-state index is 0.136. The van der Waals surface area contributed by atoms with Crippen molar-refractivity contribution in [3.05, 3.63) is 64.7 Å². The number of hydrazone groups is 1. The van der Waals surface area contributed by atoms with E-state index in [0.29, 0.717) is 10.8 Å². The van der Waals surface area contributed by atoms with Gasteiger partial charge in [0, 0.05) is 10.8 Å². The molecular formula is C17H17ClN2O2S. The number of thioether (sulfide) groups is 1. The highest BCUT2D eigenvalue weighted by Crippen LogP contribution is 2.15. The van der Waals surface area contributed by atoms with Crippen molar-refractivity contribution >= 4 is 35.5 Å². The zero-order valence-corrected chi connectivity index (χ0v) is 14.2. The second-order valence-electron chi connectivity index (χ2n) is 4.69. The van der Waals surface area contributed by atoms with Crippen molar-refractivity contribution in [1.29, 1.82) is 0 Å². The van der Waals surface area contributed by atoms with Crippen molar-refractivity contribution in [3.63, 3.8) is 0 Å². The Balaban J connectivity index is 1.72. The van der Waals surface area contributed by atoms with Gasteiger partial charge in [0.25, 0.3) is 0 Å². The summed E-state index contributed by atoms with van der Waals surface area (Å²) in [6, 6.07) is 15.0. The van der Waals surface area contributed by atoms with Gasteiger partial charge in [-0.2, -0.15) is 5.10 Å². The number of rotatable bonds is 7. The molecule has 0 saturated heterocycles. The first-order chi connectivity index (χ1) is 11.2. The van der Waals surface area contributed by atoms with Crippen LogP contribution in [0.1, 0.15) is 11.1 Å². The van der Waals surface area contributed by atoms with Crippen LogP contribution in [0.2, 0.25) is 5.02 Å². The summed E-state index contributed by atoms with van der Waals surface area (Å²) >= 11 is 7.35. The molecule has 0 aliphatic heterocycles. The Morgan fingerprint density at radius 3 is 2.83 bits per heavy atom. The van der Waals surface area contributed by atoms with Gasteiger partial charge in [0.15, 0.2) is 0 Å².